The summed E-state index contributed by atoms with van der Waals surface area (Å²) in [6, 6.07) is 12.5. The average molecular weight is 1060 g/mol. The first-order chi connectivity index (χ1) is 36.2. The normalized spacial score (nSPS) is 39.7. The molecule has 16 N–H and O–H groups in total. The number of ether oxygens (including phenoxy) is 8. The van der Waals surface area contributed by atoms with Crippen LogP contribution in [-0.4, -0.2) is 191 Å². The maximum Gasteiger partial charge on any atom is 0.186 e. The molecule has 5 fully saturated rings. The highest BCUT2D eigenvalue weighted by atomic mass is 16.7. The van der Waals surface area contributed by atoms with Crippen molar-refractivity contribution in [3.8, 4) is 0 Å². The van der Waals surface area contributed by atoms with E-state index in [1.54, 1.807) is 0 Å². The Bertz CT molecular complexity index is 2270. The molecule has 2 aromatic rings. The number of azide groups is 4. The molecule has 0 bridgehead atoms. The molecule has 3 saturated heterocycles. The van der Waals surface area contributed by atoms with Crippen molar-refractivity contribution >= 4 is 0 Å². The summed E-state index contributed by atoms with van der Waals surface area (Å²) in [7, 11) is 0. The van der Waals surface area contributed by atoms with Crippen molar-refractivity contribution in [2.75, 3.05) is 19.7 Å². The minimum Gasteiger partial charge on any atom is -0.394 e. The van der Waals surface area contributed by atoms with Crippen LogP contribution < -0.4 is 28.7 Å². The van der Waals surface area contributed by atoms with Gasteiger partial charge in [0.05, 0.1) is 93.2 Å². The van der Waals surface area contributed by atoms with Crippen LogP contribution in [0.5, 0.6) is 0 Å². The van der Waals surface area contributed by atoms with Crippen LogP contribution in [-0.2, 0) is 51.1 Å². The van der Waals surface area contributed by atoms with E-state index in [1.807, 2.05) is 60.7 Å². The second kappa shape index (κ2) is 28.9. The van der Waals surface area contributed by atoms with Gasteiger partial charge >= 0.3 is 0 Å². The fourth-order valence-corrected chi connectivity index (χ4v) is 9.60. The third-order valence-electron chi connectivity index (χ3n) is 13.7. The molecule has 412 valence electrons. The Morgan fingerprint density at radius 2 is 1.08 bits per heavy atom. The number of aliphatic hydroxyl groups excluding tert-OH is 6. The molecule has 0 aromatic heterocycles. The standard InChI is InChI=1S/C26H30N12O5.C18H37N5O9/c27-35-31-13-22-21(40-14-16-7-3-1-4-8-16)12-20(34-38-30)26(42-22)43-24-19(33-37-29)11-18(32-36-28)23(39)25(24)41-15-17-9-5-2-6-10-17;19-3-9-8(25)2-7(22)17(29-9)31-15-5(20)1-6(21)16(14(15)28)32-18-13(27)11(23)12(26)10(4-24)30-18/h1-10,18-26,39H,11-15H2;5-18,24-28H,1-4,19-23H2/t18-,19+,20-,21+,22-,23+,24-,25-,26-;5-,6+,7+,8-,9+,10+,11-,12+,13+,14-,15+,16-,17+,18+/m10/s1. The Kier molecular flexibility index (Phi) is 22.8. The molecule has 31 nitrogen and oxygen atoms in total. The molecule has 3 heterocycles. The van der Waals surface area contributed by atoms with Gasteiger partial charge in [0.1, 0.15) is 42.7 Å². The summed E-state index contributed by atoms with van der Waals surface area (Å²) in [4.78, 5) is 11.5. The Balaban J connectivity index is 0.000000255. The second-order valence-electron chi connectivity index (χ2n) is 18.7. The van der Waals surface area contributed by atoms with Gasteiger partial charge in [0.15, 0.2) is 18.9 Å². The van der Waals surface area contributed by atoms with Crippen molar-refractivity contribution < 1.29 is 68.5 Å². The number of nitrogens with zero attached hydrogens (tertiary/aromatic N) is 12. The third kappa shape index (κ3) is 15.3. The lowest BCUT2D eigenvalue weighted by atomic mass is 9.84. The number of nitrogens with two attached hydrogens (primary N) is 5. The first-order valence-electron chi connectivity index (χ1n) is 24.3. The summed E-state index contributed by atoms with van der Waals surface area (Å²) in [6.07, 6.45) is -16.8. The summed E-state index contributed by atoms with van der Waals surface area (Å²) in [5.74, 6) is 0. The first-order valence-corrected chi connectivity index (χ1v) is 24.3. The molecule has 7 rings (SSSR count). The van der Waals surface area contributed by atoms with E-state index in [2.05, 4.69) is 40.1 Å². The monoisotopic (exact) mass is 1060 g/mol. The van der Waals surface area contributed by atoms with Crippen molar-refractivity contribution in [2.24, 2.45) is 49.1 Å². The molecule has 0 spiro atoms. The zero-order valence-electron chi connectivity index (χ0n) is 40.6. The maximum absolute atomic E-state index is 11.2. The Morgan fingerprint density at radius 1 is 0.533 bits per heavy atom. The summed E-state index contributed by atoms with van der Waals surface area (Å²) in [5.41, 5.74) is 68.2. The van der Waals surface area contributed by atoms with Crippen LogP contribution in [0.3, 0.4) is 0 Å². The van der Waals surface area contributed by atoms with Gasteiger partial charge in [-0.15, -0.1) is 0 Å². The van der Waals surface area contributed by atoms with Crippen molar-refractivity contribution in [1.29, 1.82) is 0 Å². The fourth-order valence-electron chi connectivity index (χ4n) is 9.60. The zero-order valence-corrected chi connectivity index (χ0v) is 40.6. The number of aliphatic hydroxyl groups is 6. The number of hydrogen-bond acceptors (Lipinski definition) is 23. The minimum atomic E-state index is -1.44. The number of rotatable bonds is 19. The highest BCUT2D eigenvalue weighted by Crippen LogP contribution is 2.36. The van der Waals surface area contributed by atoms with Gasteiger partial charge in [-0.05, 0) is 58.9 Å². The lowest BCUT2D eigenvalue weighted by Crippen LogP contribution is -2.68. The second-order valence-corrected chi connectivity index (χ2v) is 18.7. The molecule has 31 heteroatoms. The van der Waals surface area contributed by atoms with Crippen LogP contribution in [0, 0.1) is 0 Å². The average Bonchev–Trinajstić information content (AvgIpc) is 3.41. The molecule has 0 amide bonds. The van der Waals surface area contributed by atoms with Gasteiger partial charge in [-0.1, -0.05) is 81.1 Å². The minimum absolute atomic E-state index is 0.0327. The van der Waals surface area contributed by atoms with Crippen LogP contribution in [0.1, 0.15) is 36.8 Å². The van der Waals surface area contributed by atoms with Crippen LogP contribution in [0.2, 0.25) is 0 Å². The van der Waals surface area contributed by atoms with Crippen molar-refractivity contribution in [1.82, 2.24) is 0 Å². The SMILES string of the molecule is NC[C@H]1O[C@H](O[C@H]2[C@H](O)[C@@H](O[C@H]3O[C@H](CO)[C@@H](O)[C@H](N)[C@H]3O)[C@H](N)C[C@@H]2N)[C@H](N)C[C@@H]1O.[N-]=[N+]=NC[C@H]1O[C@H](O[C@H]2[C@H](OCc3ccccc3)[C@@H](O)[C@H](N=[N+]=[N-])C[C@@H]2N=[N+]=[N-])[C@H](N=[N+]=[N-])C[C@@H]1OCc1ccccc1. The van der Waals surface area contributed by atoms with Crippen molar-refractivity contribution in [2.45, 2.75) is 179 Å². The van der Waals surface area contributed by atoms with Gasteiger partial charge in [0.25, 0.3) is 0 Å². The quantitative estimate of drug-likeness (QED) is 0.0479. The lowest BCUT2D eigenvalue weighted by molar-refractivity contribution is -0.314. The van der Waals surface area contributed by atoms with Crippen molar-refractivity contribution in [3.63, 3.8) is 0 Å². The molecule has 0 radical (unpaired) electrons. The predicted molar refractivity (Wildman–Crippen MR) is 260 cm³/mol. The van der Waals surface area contributed by atoms with Gasteiger partial charge in [-0.2, -0.15) is 0 Å². The molecular formula is C44H67N17O14. The largest absolute Gasteiger partial charge is 0.394 e. The Labute approximate surface area is 429 Å². The van der Waals surface area contributed by atoms with E-state index < -0.39 is 147 Å². The van der Waals surface area contributed by atoms with Gasteiger partial charge in [0, 0.05) is 38.3 Å². The molecule has 3 aliphatic heterocycles. The lowest BCUT2D eigenvalue weighted by Gasteiger charge is -2.47. The highest BCUT2D eigenvalue weighted by molar-refractivity contribution is 5.15. The zero-order chi connectivity index (χ0) is 54.2. The topological polar surface area (TPSA) is 520 Å². The van der Waals surface area contributed by atoms with Crippen LogP contribution >= 0.6 is 0 Å². The number of hydrogen-bond donors (Lipinski definition) is 11. The fraction of sp³-hybridized carbons (Fsp3) is 0.727. The third-order valence-corrected chi connectivity index (χ3v) is 13.7. The molecular weight excluding hydrogens is 991 g/mol. The van der Waals surface area contributed by atoms with E-state index in [4.69, 9.17) is 77.6 Å². The molecule has 2 saturated carbocycles. The Hall–Kier alpha value is -5.08. The smallest absolute Gasteiger partial charge is 0.186 e. The molecule has 23 atom stereocenters. The first kappa shape index (κ1) is 59.2. The summed E-state index contributed by atoms with van der Waals surface area (Å²) < 4.78 is 47.4. The molecule has 75 heavy (non-hydrogen) atoms. The maximum atomic E-state index is 11.2. The van der Waals surface area contributed by atoms with E-state index in [-0.39, 0.29) is 52.0 Å². The summed E-state index contributed by atoms with van der Waals surface area (Å²) in [5, 5.41) is 77.0. The summed E-state index contributed by atoms with van der Waals surface area (Å²) in [6.45, 7) is -0.297. The van der Waals surface area contributed by atoms with Gasteiger partial charge in [-0.25, -0.2) is 0 Å². The van der Waals surface area contributed by atoms with Crippen LogP contribution in [0.15, 0.2) is 81.1 Å². The van der Waals surface area contributed by atoms with E-state index in [1.165, 1.54) is 0 Å². The van der Waals surface area contributed by atoms with E-state index in [9.17, 15) is 41.7 Å². The van der Waals surface area contributed by atoms with Crippen LogP contribution in [0.25, 0.3) is 41.8 Å². The van der Waals surface area contributed by atoms with Crippen molar-refractivity contribution in [3.05, 3.63) is 114 Å². The van der Waals surface area contributed by atoms with E-state index >= 15 is 0 Å². The molecule has 5 aliphatic rings. The Morgan fingerprint density at radius 3 is 1.67 bits per heavy atom. The highest BCUT2D eigenvalue weighted by Gasteiger charge is 2.52. The van der Waals surface area contributed by atoms with Crippen LogP contribution in [0.4, 0.5) is 0 Å². The number of benzene rings is 2. The molecule has 0 unspecified atom stereocenters. The van der Waals surface area contributed by atoms with E-state index in [0.717, 1.165) is 11.1 Å². The summed E-state index contributed by atoms with van der Waals surface area (Å²) >= 11 is 0. The molecule has 2 aliphatic carbocycles. The van der Waals surface area contributed by atoms with E-state index in [0.29, 0.717) is 0 Å². The van der Waals surface area contributed by atoms with Gasteiger partial charge < -0.3 is 97.2 Å². The van der Waals surface area contributed by atoms with Gasteiger partial charge in [-0.3, -0.25) is 0 Å². The predicted octanol–water partition coefficient (Wildman–Crippen LogP) is -0.527. The molecule has 2 aromatic carbocycles. The van der Waals surface area contributed by atoms with Gasteiger partial charge in [0.2, 0.25) is 0 Å².